The van der Waals surface area contributed by atoms with Gasteiger partial charge in [-0.2, -0.15) is 0 Å². The molecule has 0 atom stereocenters. The number of hydrogen-bond donors (Lipinski definition) is 1. The van der Waals surface area contributed by atoms with E-state index >= 15 is 0 Å². The van der Waals surface area contributed by atoms with Gasteiger partial charge < -0.3 is 5.11 Å². The molecule has 82 valence electrons. The van der Waals surface area contributed by atoms with E-state index in [9.17, 15) is 5.11 Å². The smallest absolute Gasteiger partial charge is 0.0527 e. The molecular weight excluding hydrogens is 196 g/mol. The monoisotopic (exact) mass is 212 g/mol. The highest BCUT2D eigenvalue weighted by Gasteiger charge is 2.43. The van der Waals surface area contributed by atoms with E-state index in [2.05, 4.69) is 43.3 Å². The summed E-state index contributed by atoms with van der Waals surface area (Å²) in [4.78, 5) is 0. The zero-order chi connectivity index (χ0) is 11.2. The van der Waals surface area contributed by atoms with Gasteiger partial charge in [0.1, 0.15) is 0 Å². The molecule has 1 heteroatoms. The maximum Gasteiger partial charge on any atom is 0.0527 e. The summed E-state index contributed by atoms with van der Waals surface area (Å²) >= 11 is 0. The van der Waals surface area contributed by atoms with Crippen LogP contribution in [0.3, 0.4) is 0 Å². The fourth-order valence-corrected chi connectivity index (χ4v) is 2.46. The summed E-state index contributed by atoms with van der Waals surface area (Å²) in [5.41, 5.74) is 2.70. The summed E-state index contributed by atoms with van der Waals surface area (Å²) in [6, 6.07) is 13.0. The fourth-order valence-electron chi connectivity index (χ4n) is 2.46. The number of fused-ring (bicyclic) bond motifs is 1. The predicted octanol–water partition coefficient (Wildman–Crippen LogP) is 3.17. The predicted molar refractivity (Wildman–Crippen MR) is 66.7 cm³/mol. The molecule has 0 aromatic heterocycles. The number of rotatable bonds is 2. The largest absolute Gasteiger partial charge is 0.395 e. The lowest BCUT2D eigenvalue weighted by Gasteiger charge is -2.13. The average Bonchev–Trinajstić information content (AvgIpc) is 3.10. The minimum Gasteiger partial charge on any atom is -0.395 e. The van der Waals surface area contributed by atoms with Crippen molar-refractivity contribution in [3.63, 3.8) is 0 Å². The quantitative estimate of drug-likeness (QED) is 0.810. The van der Waals surface area contributed by atoms with Gasteiger partial charge >= 0.3 is 0 Å². The van der Waals surface area contributed by atoms with E-state index in [1.807, 2.05) is 0 Å². The normalized spacial score (nSPS) is 17.6. The highest BCUT2D eigenvalue weighted by atomic mass is 16.3. The van der Waals surface area contributed by atoms with Crippen LogP contribution >= 0.6 is 0 Å². The zero-order valence-electron chi connectivity index (χ0n) is 9.53. The molecule has 0 amide bonds. The number of aryl methyl sites for hydroxylation is 1. The van der Waals surface area contributed by atoms with Crippen molar-refractivity contribution in [2.45, 2.75) is 25.2 Å². The van der Waals surface area contributed by atoms with Gasteiger partial charge in [-0.25, -0.2) is 0 Å². The Morgan fingerprint density at radius 1 is 1.19 bits per heavy atom. The summed E-state index contributed by atoms with van der Waals surface area (Å²) < 4.78 is 0. The van der Waals surface area contributed by atoms with Gasteiger partial charge in [-0.1, -0.05) is 36.4 Å². The molecule has 1 aliphatic rings. The fraction of sp³-hybridized carbons (Fsp3) is 0.333. The molecule has 0 radical (unpaired) electrons. The van der Waals surface area contributed by atoms with Crippen molar-refractivity contribution in [3.05, 3.63) is 47.5 Å². The van der Waals surface area contributed by atoms with Gasteiger partial charge in [0.2, 0.25) is 0 Å². The summed E-state index contributed by atoms with van der Waals surface area (Å²) in [5.74, 6) is 0. The Morgan fingerprint density at radius 3 is 2.69 bits per heavy atom. The SMILES string of the molecule is Cc1cccc2cc(C3(CO)CC3)ccc12. The first kappa shape index (κ1) is 9.86. The van der Waals surface area contributed by atoms with Crippen molar-refractivity contribution in [2.75, 3.05) is 6.61 Å². The molecule has 0 unspecified atom stereocenters. The van der Waals surface area contributed by atoms with Crippen LogP contribution in [0.25, 0.3) is 10.8 Å². The Kier molecular flexibility index (Phi) is 2.05. The van der Waals surface area contributed by atoms with E-state index in [1.54, 1.807) is 0 Å². The van der Waals surface area contributed by atoms with Gasteiger partial charge in [0.15, 0.2) is 0 Å². The number of hydrogen-bond acceptors (Lipinski definition) is 1. The molecule has 0 bridgehead atoms. The second kappa shape index (κ2) is 3.33. The van der Waals surface area contributed by atoms with E-state index < -0.39 is 0 Å². The van der Waals surface area contributed by atoms with Crippen LogP contribution in [-0.4, -0.2) is 11.7 Å². The Hall–Kier alpha value is -1.34. The maximum atomic E-state index is 9.44. The third-order valence-electron chi connectivity index (χ3n) is 3.87. The number of aliphatic hydroxyl groups is 1. The van der Waals surface area contributed by atoms with Crippen LogP contribution in [0.4, 0.5) is 0 Å². The highest BCUT2D eigenvalue weighted by Crippen LogP contribution is 2.48. The lowest BCUT2D eigenvalue weighted by Crippen LogP contribution is -2.11. The van der Waals surface area contributed by atoms with E-state index in [0.717, 1.165) is 12.8 Å². The van der Waals surface area contributed by atoms with Crippen molar-refractivity contribution in [3.8, 4) is 0 Å². The van der Waals surface area contributed by atoms with E-state index in [0.29, 0.717) is 0 Å². The lowest BCUT2D eigenvalue weighted by atomic mass is 9.93. The molecule has 1 aliphatic carbocycles. The molecule has 1 nitrogen and oxygen atoms in total. The third kappa shape index (κ3) is 1.35. The molecule has 1 fully saturated rings. The first-order valence-electron chi connectivity index (χ1n) is 5.86. The van der Waals surface area contributed by atoms with Crippen molar-refractivity contribution < 1.29 is 5.11 Å². The second-order valence-electron chi connectivity index (χ2n) is 4.95. The summed E-state index contributed by atoms with van der Waals surface area (Å²) in [6.07, 6.45) is 2.25. The molecular formula is C15H16O. The van der Waals surface area contributed by atoms with E-state index in [1.165, 1.54) is 21.9 Å². The van der Waals surface area contributed by atoms with Crippen LogP contribution in [0, 0.1) is 6.92 Å². The second-order valence-corrected chi connectivity index (χ2v) is 4.95. The minimum atomic E-state index is 0.0813. The Labute approximate surface area is 95.7 Å². The molecule has 0 spiro atoms. The van der Waals surface area contributed by atoms with Crippen molar-refractivity contribution in [1.82, 2.24) is 0 Å². The van der Waals surface area contributed by atoms with Crippen LogP contribution in [0.1, 0.15) is 24.0 Å². The van der Waals surface area contributed by atoms with Crippen LogP contribution in [0.5, 0.6) is 0 Å². The van der Waals surface area contributed by atoms with E-state index in [-0.39, 0.29) is 12.0 Å². The number of benzene rings is 2. The number of aliphatic hydroxyl groups excluding tert-OH is 1. The van der Waals surface area contributed by atoms with Gasteiger partial charge in [-0.3, -0.25) is 0 Å². The Balaban J connectivity index is 2.17. The molecule has 3 rings (SSSR count). The van der Waals surface area contributed by atoms with E-state index in [4.69, 9.17) is 0 Å². The van der Waals surface area contributed by atoms with Crippen molar-refractivity contribution >= 4 is 10.8 Å². The van der Waals surface area contributed by atoms with Gasteiger partial charge in [-0.05, 0) is 41.7 Å². The average molecular weight is 212 g/mol. The zero-order valence-corrected chi connectivity index (χ0v) is 9.53. The molecule has 2 aromatic carbocycles. The van der Waals surface area contributed by atoms with Crippen LogP contribution in [0.15, 0.2) is 36.4 Å². The molecule has 0 aliphatic heterocycles. The highest BCUT2D eigenvalue weighted by molar-refractivity contribution is 5.86. The summed E-state index contributed by atoms with van der Waals surface area (Å²) in [7, 11) is 0. The lowest BCUT2D eigenvalue weighted by molar-refractivity contribution is 0.255. The van der Waals surface area contributed by atoms with Gasteiger partial charge in [0.25, 0.3) is 0 Å². The first-order chi connectivity index (χ1) is 7.75. The Bertz CT molecular complexity index is 538. The summed E-state index contributed by atoms with van der Waals surface area (Å²) in [5, 5.41) is 12.0. The van der Waals surface area contributed by atoms with Crippen LogP contribution in [0.2, 0.25) is 0 Å². The van der Waals surface area contributed by atoms with Crippen molar-refractivity contribution in [2.24, 2.45) is 0 Å². The molecule has 16 heavy (non-hydrogen) atoms. The molecule has 1 saturated carbocycles. The minimum absolute atomic E-state index is 0.0813. The Morgan fingerprint density at radius 2 is 2.00 bits per heavy atom. The third-order valence-corrected chi connectivity index (χ3v) is 3.87. The van der Waals surface area contributed by atoms with Crippen molar-refractivity contribution in [1.29, 1.82) is 0 Å². The first-order valence-corrected chi connectivity index (χ1v) is 5.86. The van der Waals surface area contributed by atoms with Gasteiger partial charge in [-0.15, -0.1) is 0 Å². The van der Waals surface area contributed by atoms with Gasteiger partial charge in [0.05, 0.1) is 6.61 Å². The molecule has 0 saturated heterocycles. The molecule has 2 aromatic rings. The maximum absolute atomic E-state index is 9.44. The molecule has 1 N–H and O–H groups in total. The summed E-state index contributed by atoms with van der Waals surface area (Å²) in [6.45, 7) is 2.42. The van der Waals surface area contributed by atoms with Gasteiger partial charge in [0, 0.05) is 5.41 Å². The van der Waals surface area contributed by atoms with Crippen LogP contribution < -0.4 is 0 Å². The standard InChI is InChI=1S/C15H16O/c1-11-3-2-4-12-9-13(5-6-14(11)12)15(10-16)7-8-15/h2-6,9,16H,7-8,10H2,1H3. The van der Waals surface area contributed by atoms with Crippen LogP contribution in [-0.2, 0) is 5.41 Å². The molecule has 0 heterocycles. The topological polar surface area (TPSA) is 20.2 Å².